The Morgan fingerprint density at radius 3 is 1.92 bits per heavy atom. The number of hydrogen-bond acceptors (Lipinski definition) is 0. The van der Waals surface area contributed by atoms with Crippen molar-refractivity contribution in [2.45, 2.75) is 41.3 Å². The Hall–Kier alpha value is 1.30. The summed E-state index contributed by atoms with van der Waals surface area (Å²) in [5.74, 6) is 0. The Labute approximate surface area is 99.0 Å². The minimum absolute atomic E-state index is 0.407. The Morgan fingerprint density at radius 2 is 1.54 bits per heavy atom. The third kappa shape index (κ3) is 5.68. The van der Waals surface area contributed by atoms with E-state index in [-0.39, 0.29) is 0 Å². The van der Waals surface area contributed by atoms with Gasteiger partial charge < -0.3 is 0 Å². The Balaban J connectivity index is 3.97. The minimum atomic E-state index is -0.516. The molecule has 0 atom stereocenters. The molecule has 0 amide bonds. The van der Waals surface area contributed by atoms with E-state index in [1.807, 2.05) is 11.3 Å². The van der Waals surface area contributed by atoms with Crippen molar-refractivity contribution in [2.24, 2.45) is 0 Å². The van der Waals surface area contributed by atoms with Crippen molar-refractivity contribution in [1.29, 1.82) is 0 Å². The van der Waals surface area contributed by atoms with Gasteiger partial charge >= 0.3 is 0 Å². The standard InChI is InChI=1S/C7H28Si6/c1-2-11-6-13(4-9,5-10)7-12-3-8/h2-7,11-12H2,1,8-10H3. The summed E-state index contributed by atoms with van der Waals surface area (Å²) in [4.78, 5) is 0. The molecule has 0 radical (unpaired) electrons. The van der Waals surface area contributed by atoms with Gasteiger partial charge in [-0.1, -0.05) is 41.3 Å². The SMILES string of the molecule is CC[SiH2]C[Si](C[SiH3])(C[SiH3])C[SiH2]C[SiH3]. The summed E-state index contributed by atoms with van der Waals surface area (Å²) in [5, 5.41) is 0. The van der Waals surface area contributed by atoms with Gasteiger partial charge in [0.15, 0.2) is 0 Å². The van der Waals surface area contributed by atoms with Crippen molar-refractivity contribution in [3.63, 3.8) is 0 Å². The van der Waals surface area contributed by atoms with Gasteiger partial charge in [0.05, 0.1) is 0 Å². The highest BCUT2D eigenvalue weighted by Gasteiger charge is 2.26. The average molecular weight is 281 g/mol. The van der Waals surface area contributed by atoms with Gasteiger partial charge in [0.25, 0.3) is 0 Å². The summed E-state index contributed by atoms with van der Waals surface area (Å²) in [5.41, 5.74) is 8.99. The summed E-state index contributed by atoms with van der Waals surface area (Å²) < 4.78 is 0. The van der Waals surface area contributed by atoms with E-state index in [9.17, 15) is 0 Å². The van der Waals surface area contributed by atoms with E-state index in [0.717, 1.165) is 0 Å². The predicted octanol–water partition coefficient (Wildman–Crippen LogP) is -2.49. The third-order valence-electron chi connectivity index (χ3n) is 3.62. The molecule has 13 heavy (non-hydrogen) atoms. The maximum Gasteiger partial charge on any atom is 0.0405 e. The van der Waals surface area contributed by atoms with Crippen LogP contribution in [0.2, 0.25) is 34.4 Å². The first-order chi connectivity index (χ1) is 6.24. The third-order valence-corrected chi connectivity index (χ3v) is 30.5. The Morgan fingerprint density at radius 1 is 1.00 bits per heavy atom. The maximum absolute atomic E-state index is 2.43. The fourth-order valence-corrected chi connectivity index (χ4v) is 42.3. The quantitative estimate of drug-likeness (QED) is 0.432. The topological polar surface area (TPSA) is 0 Å². The van der Waals surface area contributed by atoms with Crippen LogP contribution in [0.25, 0.3) is 0 Å². The summed E-state index contributed by atoms with van der Waals surface area (Å²) in [6.07, 6.45) is 0. The van der Waals surface area contributed by atoms with Crippen LogP contribution in [0.3, 0.4) is 0 Å². The van der Waals surface area contributed by atoms with Crippen LogP contribution < -0.4 is 0 Å². The van der Waals surface area contributed by atoms with Crippen molar-refractivity contribution in [3.05, 3.63) is 0 Å². The molecule has 0 saturated carbocycles. The van der Waals surface area contributed by atoms with E-state index in [4.69, 9.17) is 0 Å². The van der Waals surface area contributed by atoms with E-state index in [1.54, 1.807) is 23.0 Å². The van der Waals surface area contributed by atoms with Crippen LogP contribution in [0, 0.1) is 0 Å². The highest BCUT2D eigenvalue weighted by Crippen LogP contribution is 2.22. The highest BCUT2D eigenvalue weighted by molar-refractivity contribution is 6.97. The normalized spacial score (nSPS) is 18.2. The molecule has 0 N–H and O–H groups in total. The molecule has 0 rings (SSSR count). The fourth-order valence-electron chi connectivity index (χ4n) is 2.19. The van der Waals surface area contributed by atoms with Gasteiger partial charge in [-0.2, -0.15) is 0 Å². The Kier molecular flexibility index (Phi) is 9.46. The van der Waals surface area contributed by atoms with E-state index >= 15 is 0 Å². The summed E-state index contributed by atoms with van der Waals surface area (Å²) in [6.45, 7) is 2.43. The molecule has 0 saturated heterocycles. The van der Waals surface area contributed by atoms with Crippen molar-refractivity contribution in [1.82, 2.24) is 0 Å². The van der Waals surface area contributed by atoms with Gasteiger partial charge in [0.2, 0.25) is 0 Å². The number of hydrogen-bond donors (Lipinski definition) is 0. The van der Waals surface area contributed by atoms with Crippen molar-refractivity contribution in [3.8, 4) is 0 Å². The van der Waals surface area contributed by atoms with E-state index in [1.165, 1.54) is 30.7 Å². The van der Waals surface area contributed by atoms with Gasteiger partial charge in [-0.25, -0.2) is 0 Å². The van der Waals surface area contributed by atoms with Gasteiger partial charge in [-0.15, -0.1) is 0 Å². The second kappa shape index (κ2) is 8.60. The molecule has 0 aromatic carbocycles. The zero-order chi connectivity index (χ0) is 10.2. The van der Waals surface area contributed by atoms with E-state index < -0.39 is 8.07 Å². The molecule has 0 nitrogen and oxygen atoms in total. The van der Waals surface area contributed by atoms with E-state index in [2.05, 4.69) is 6.92 Å². The van der Waals surface area contributed by atoms with Gasteiger partial charge in [-0.05, 0) is 30.7 Å². The van der Waals surface area contributed by atoms with Crippen molar-refractivity contribution in [2.75, 3.05) is 0 Å². The molecule has 0 aliphatic rings. The lowest BCUT2D eigenvalue weighted by molar-refractivity contribution is 1.41. The molecule has 0 unspecified atom stereocenters. The van der Waals surface area contributed by atoms with Crippen LogP contribution >= 0.6 is 0 Å². The zero-order valence-corrected chi connectivity index (χ0v) is 20.0. The second-order valence-corrected chi connectivity index (χ2v) is 23.5. The van der Waals surface area contributed by atoms with Gasteiger partial charge in [0.1, 0.15) is 0 Å². The lowest BCUT2D eigenvalue weighted by Gasteiger charge is -2.29. The van der Waals surface area contributed by atoms with Crippen LogP contribution in [0.4, 0.5) is 0 Å². The van der Waals surface area contributed by atoms with Crippen LogP contribution in [0.1, 0.15) is 6.92 Å². The first-order valence-corrected chi connectivity index (χ1v) is 17.3. The molecule has 0 aliphatic carbocycles. The molecule has 0 spiro atoms. The Bertz CT molecular complexity index is 104. The molecule has 0 aliphatic heterocycles. The maximum atomic E-state index is 2.43. The van der Waals surface area contributed by atoms with Gasteiger partial charge in [0, 0.05) is 27.1 Å². The monoisotopic (exact) mass is 280 g/mol. The second-order valence-electron chi connectivity index (χ2n) is 4.41. The first kappa shape index (κ1) is 14.3. The highest BCUT2D eigenvalue weighted by atomic mass is 28.4. The fraction of sp³-hybridized carbons (Fsp3) is 1.00. The summed E-state index contributed by atoms with van der Waals surface area (Å²) >= 11 is 0. The molecule has 6 heteroatoms. The van der Waals surface area contributed by atoms with Crippen LogP contribution in [0.15, 0.2) is 0 Å². The van der Waals surface area contributed by atoms with Crippen molar-refractivity contribution >= 4 is 57.8 Å². The average Bonchev–Trinajstić information content (AvgIpc) is 2.20. The van der Waals surface area contributed by atoms with Crippen LogP contribution in [-0.4, -0.2) is 57.8 Å². The molecular formula is C7H28Si6. The zero-order valence-electron chi connectivity index (χ0n) is 10.2. The number of rotatable bonds is 8. The minimum Gasteiger partial charge on any atom is -0.0751 e. The molecule has 0 bridgehead atoms. The van der Waals surface area contributed by atoms with Gasteiger partial charge in [-0.3, -0.25) is 0 Å². The van der Waals surface area contributed by atoms with Crippen LogP contribution in [-0.2, 0) is 0 Å². The summed E-state index contributed by atoms with van der Waals surface area (Å²) in [7, 11) is 4.92. The molecule has 0 fully saturated rings. The first-order valence-electron chi connectivity index (χ1n) is 6.24. The lowest BCUT2D eigenvalue weighted by Crippen LogP contribution is -2.37. The molecular weight excluding hydrogens is 253 g/mol. The van der Waals surface area contributed by atoms with Crippen molar-refractivity contribution < 1.29 is 0 Å². The largest absolute Gasteiger partial charge is 0.0751 e. The molecule has 0 aromatic rings. The molecule has 0 aromatic heterocycles. The lowest BCUT2D eigenvalue weighted by atomic mass is 11.0. The smallest absolute Gasteiger partial charge is 0.0405 e. The summed E-state index contributed by atoms with van der Waals surface area (Å²) in [6, 6.07) is 1.58. The van der Waals surface area contributed by atoms with E-state index in [0.29, 0.717) is 19.0 Å². The molecule has 0 heterocycles. The predicted molar refractivity (Wildman–Crippen MR) is 87.2 cm³/mol. The molecule has 80 valence electrons. The van der Waals surface area contributed by atoms with Crippen LogP contribution in [0.5, 0.6) is 0 Å².